The lowest BCUT2D eigenvalue weighted by Crippen LogP contribution is -2.33. The molecule has 5 heteroatoms. The summed E-state index contributed by atoms with van der Waals surface area (Å²) in [7, 11) is 0. The van der Waals surface area contributed by atoms with Crippen molar-refractivity contribution in [1.29, 1.82) is 0 Å². The van der Waals surface area contributed by atoms with Crippen LogP contribution < -0.4 is 4.74 Å². The summed E-state index contributed by atoms with van der Waals surface area (Å²) in [5.41, 5.74) is 4.48. The average Bonchev–Trinajstić information content (AvgIpc) is 3.14. The molecule has 26 heavy (non-hydrogen) atoms. The van der Waals surface area contributed by atoms with Crippen LogP contribution in [0.2, 0.25) is 0 Å². The third-order valence-corrected chi connectivity index (χ3v) is 5.40. The standard InChI is InChI=1S/C21H16BrN3O/c22-16-7-5-14(6-8-16)18-13-19-17-3-1-2-4-20(17)26-21(25(19)24-18)15-9-11-23-12-10-15/h1-12,19,21H,13H2/t19-,21-/m0/s1. The first-order valence-corrected chi connectivity index (χ1v) is 9.36. The Morgan fingerprint density at radius 1 is 0.962 bits per heavy atom. The van der Waals surface area contributed by atoms with Crippen molar-refractivity contribution in [3.63, 3.8) is 0 Å². The van der Waals surface area contributed by atoms with Crippen molar-refractivity contribution in [3.05, 3.63) is 94.2 Å². The molecule has 2 aromatic carbocycles. The number of hydrazone groups is 1. The zero-order chi connectivity index (χ0) is 17.5. The number of benzene rings is 2. The van der Waals surface area contributed by atoms with Gasteiger partial charge in [-0.1, -0.05) is 46.3 Å². The first kappa shape index (κ1) is 15.6. The van der Waals surface area contributed by atoms with Crippen molar-refractivity contribution < 1.29 is 4.74 Å². The number of pyridine rings is 1. The van der Waals surface area contributed by atoms with Gasteiger partial charge in [-0.2, -0.15) is 5.10 Å². The van der Waals surface area contributed by atoms with Gasteiger partial charge in [-0.3, -0.25) is 4.98 Å². The molecule has 0 spiro atoms. The van der Waals surface area contributed by atoms with Crippen LogP contribution in [0.15, 0.2) is 82.6 Å². The summed E-state index contributed by atoms with van der Waals surface area (Å²) in [6.45, 7) is 0. The fraction of sp³-hybridized carbons (Fsp3) is 0.143. The fourth-order valence-electron chi connectivity index (χ4n) is 3.60. The van der Waals surface area contributed by atoms with E-state index in [4.69, 9.17) is 9.84 Å². The second-order valence-electron chi connectivity index (χ2n) is 6.44. The lowest BCUT2D eigenvalue weighted by Gasteiger charge is -2.38. The second-order valence-corrected chi connectivity index (χ2v) is 7.36. The first-order chi connectivity index (χ1) is 12.8. The monoisotopic (exact) mass is 405 g/mol. The van der Waals surface area contributed by atoms with Gasteiger partial charge in [0.2, 0.25) is 6.23 Å². The summed E-state index contributed by atoms with van der Waals surface area (Å²) in [5.74, 6) is 0.933. The summed E-state index contributed by atoms with van der Waals surface area (Å²) in [6, 6.07) is 20.7. The van der Waals surface area contributed by atoms with Gasteiger partial charge in [-0.25, -0.2) is 5.01 Å². The Morgan fingerprint density at radius 3 is 2.54 bits per heavy atom. The SMILES string of the molecule is Brc1ccc(C2=NN3[C@@H](C2)c2ccccc2O[C@H]3c2ccncc2)cc1. The Bertz CT molecular complexity index is 972. The molecule has 2 aliphatic rings. The minimum Gasteiger partial charge on any atom is -0.464 e. The molecule has 0 radical (unpaired) electrons. The molecule has 0 amide bonds. The molecule has 3 aromatic rings. The van der Waals surface area contributed by atoms with E-state index in [1.165, 1.54) is 5.56 Å². The van der Waals surface area contributed by atoms with Gasteiger partial charge < -0.3 is 4.74 Å². The Hall–Kier alpha value is -2.66. The van der Waals surface area contributed by atoms with Crippen LogP contribution in [0.5, 0.6) is 5.75 Å². The van der Waals surface area contributed by atoms with Crippen molar-refractivity contribution >= 4 is 21.6 Å². The van der Waals surface area contributed by atoms with Gasteiger partial charge in [0.25, 0.3) is 0 Å². The van der Waals surface area contributed by atoms with Crippen molar-refractivity contribution in [3.8, 4) is 5.75 Å². The van der Waals surface area contributed by atoms with Gasteiger partial charge in [-0.15, -0.1) is 0 Å². The smallest absolute Gasteiger partial charge is 0.213 e. The summed E-state index contributed by atoms with van der Waals surface area (Å²) in [4.78, 5) is 4.13. The molecule has 0 unspecified atom stereocenters. The number of para-hydroxylation sites is 1. The van der Waals surface area contributed by atoms with Crippen molar-refractivity contribution in [2.75, 3.05) is 0 Å². The van der Waals surface area contributed by atoms with Crippen molar-refractivity contribution in [2.24, 2.45) is 5.10 Å². The van der Waals surface area contributed by atoms with E-state index in [-0.39, 0.29) is 12.3 Å². The second kappa shape index (κ2) is 6.25. The van der Waals surface area contributed by atoms with Gasteiger partial charge in [0.05, 0.1) is 11.8 Å². The maximum Gasteiger partial charge on any atom is 0.213 e. The number of nitrogens with zero attached hydrogens (tertiary/aromatic N) is 3. The fourth-order valence-corrected chi connectivity index (χ4v) is 3.86. The maximum atomic E-state index is 6.32. The molecule has 2 aliphatic heterocycles. The molecule has 4 nitrogen and oxygen atoms in total. The Morgan fingerprint density at radius 2 is 1.73 bits per heavy atom. The van der Waals surface area contributed by atoms with Crippen molar-refractivity contribution in [1.82, 2.24) is 9.99 Å². The Kier molecular flexibility index (Phi) is 3.75. The van der Waals surface area contributed by atoms with Gasteiger partial charge in [0.15, 0.2) is 0 Å². The lowest BCUT2D eigenvalue weighted by atomic mass is 9.96. The molecule has 0 N–H and O–H groups in total. The molecule has 0 saturated carbocycles. The topological polar surface area (TPSA) is 37.7 Å². The predicted octanol–water partition coefficient (Wildman–Crippen LogP) is 5.09. The number of fused-ring (bicyclic) bond motifs is 3. The van der Waals surface area contributed by atoms with E-state index < -0.39 is 0 Å². The van der Waals surface area contributed by atoms with Crippen LogP contribution in [0.4, 0.5) is 0 Å². The normalized spacial score (nSPS) is 20.8. The van der Waals surface area contributed by atoms with Gasteiger partial charge >= 0.3 is 0 Å². The van der Waals surface area contributed by atoms with Crippen LogP contribution in [-0.2, 0) is 0 Å². The largest absolute Gasteiger partial charge is 0.464 e. The number of halogens is 1. The Balaban J connectivity index is 1.59. The third-order valence-electron chi connectivity index (χ3n) is 4.87. The van der Waals surface area contributed by atoms with Crippen LogP contribution in [-0.4, -0.2) is 15.7 Å². The zero-order valence-electron chi connectivity index (χ0n) is 13.9. The molecule has 0 bridgehead atoms. The number of ether oxygens (including phenoxy) is 1. The summed E-state index contributed by atoms with van der Waals surface area (Å²) in [6.07, 6.45) is 4.21. The Labute approximate surface area is 160 Å². The molecule has 128 valence electrons. The van der Waals surface area contributed by atoms with E-state index in [0.717, 1.165) is 33.5 Å². The number of hydrogen-bond donors (Lipinski definition) is 0. The van der Waals surface area contributed by atoms with E-state index in [9.17, 15) is 0 Å². The maximum absolute atomic E-state index is 6.32. The van der Waals surface area contributed by atoms with E-state index in [1.807, 2.05) is 24.3 Å². The van der Waals surface area contributed by atoms with Gasteiger partial charge in [-0.05, 0) is 35.9 Å². The van der Waals surface area contributed by atoms with Crippen LogP contribution in [0, 0.1) is 0 Å². The predicted molar refractivity (Wildman–Crippen MR) is 104 cm³/mol. The van der Waals surface area contributed by atoms with E-state index in [0.29, 0.717) is 0 Å². The summed E-state index contributed by atoms with van der Waals surface area (Å²) >= 11 is 3.50. The van der Waals surface area contributed by atoms with E-state index in [1.54, 1.807) is 12.4 Å². The molecule has 0 saturated heterocycles. The number of aromatic nitrogens is 1. The molecule has 5 rings (SSSR count). The first-order valence-electron chi connectivity index (χ1n) is 8.57. The van der Waals surface area contributed by atoms with Gasteiger partial charge in [0.1, 0.15) is 5.75 Å². The average molecular weight is 406 g/mol. The summed E-state index contributed by atoms with van der Waals surface area (Å²) in [5, 5.41) is 7.05. The molecule has 1 aromatic heterocycles. The van der Waals surface area contributed by atoms with E-state index in [2.05, 4.69) is 62.3 Å². The molecule has 0 fully saturated rings. The number of hydrogen-bond acceptors (Lipinski definition) is 4. The quantitative estimate of drug-likeness (QED) is 0.595. The molecular formula is C21H16BrN3O. The molecule has 3 heterocycles. The summed E-state index contributed by atoms with van der Waals surface area (Å²) < 4.78 is 7.39. The highest BCUT2D eigenvalue weighted by molar-refractivity contribution is 9.10. The van der Waals surface area contributed by atoms with Crippen molar-refractivity contribution in [2.45, 2.75) is 18.7 Å². The highest BCUT2D eigenvalue weighted by Gasteiger charge is 2.40. The third kappa shape index (κ3) is 2.59. The van der Waals surface area contributed by atoms with Crippen LogP contribution >= 0.6 is 15.9 Å². The molecular weight excluding hydrogens is 390 g/mol. The molecule has 0 aliphatic carbocycles. The zero-order valence-corrected chi connectivity index (χ0v) is 15.5. The highest BCUT2D eigenvalue weighted by Crippen LogP contribution is 2.47. The van der Waals surface area contributed by atoms with Crippen LogP contribution in [0.1, 0.15) is 35.4 Å². The van der Waals surface area contributed by atoms with Gasteiger partial charge in [0, 0.05) is 34.4 Å². The lowest BCUT2D eigenvalue weighted by molar-refractivity contribution is -0.0190. The van der Waals surface area contributed by atoms with Crippen LogP contribution in [0.25, 0.3) is 0 Å². The number of rotatable bonds is 2. The van der Waals surface area contributed by atoms with Crippen LogP contribution in [0.3, 0.4) is 0 Å². The van der Waals surface area contributed by atoms with E-state index >= 15 is 0 Å². The minimum atomic E-state index is -0.245. The molecule has 2 atom stereocenters. The minimum absolute atomic E-state index is 0.178. The highest BCUT2D eigenvalue weighted by atomic mass is 79.9.